The monoisotopic (exact) mass is 235 g/mol. The molecule has 1 aromatic carbocycles. The standard InChI is InChI=1S/C9H9NO2S.Ar/c1-2-13(11,12)9-5-3-4-8(6-9)7-10;/h3-6H,2H2,1H3;. The second kappa shape index (κ2) is 5.72. The second-order valence-electron chi connectivity index (χ2n) is 2.54. The normalized spacial score (nSPS) is 10.0. The summed E-state index contributed by atoms with van der Waals surface area (Å²) in [5, 5.41) is 8.56. The van der Waals surface area contributed by atoms with Gasteiger partial charge in [0.05, 0.1) is 22.3 Å². The average Bonchev–Trinajstić information content (AvgIpc) is 2.18. The average molecular weight is 235 g/mol. The van der Waals surface area contributed by atoms with Gasteiger partial charge in [0, 0.05) is 37.7 Å². The Labute approximate surface area is 114 Å². The minimum atomic E-state index is -3.18. The number of benzene rings is 1. The summed E-state index contributed by atoms with van der Waals surface area (Å²) < 4.78 is 22.7. The van der Waals surface area contributed by atoms with Crippen molar-refractivity contribution >= 4 is 9.84 Å². The molecule has 0 aliphatic rings. The quantitative estimate of drug-likeness (QED) is 0.777. The zero-order valence-electron chi connectivity index (χ0n) is 7.54. The maximum atomic E-state index is 11.4. The van der Waals surface area contributed by atoms with Gasteiger partial charge in [-0.1, -0.05) is 13.0 Å². The van der Waals surface area contributed by atoms with Crippen molar-refractivity contribution in [1.82, 2.24) is 0 Å². The SMILES string of the molecule is CCS(=O)(=O)c1cccc(C#N)c1.[Ar]. The smallest absolute Gasteiger partial charge is 0.178 e. The molecule has 5 heteroatoms. The van der Waals surface area contributed by atoms with Gasteiger partial charge in [0.25, 0.3) is 0 Å². The fraction of sp³-hybridized carbons (Fsp3) is 0.222. The van der Waals surface area contributed by atoms with E-state index in [2.05, 4.69) is 0 Å². The third-order valence-corrected chi connectivity index (χ3v) is 3.43. The molecule has 0 aliphatic heterocycles. The van der Waals surface area contributed by atoms with Crippen molar-refractivity contribution in [3.05, 3.63) is 29.8 Å². The van der Waals surface area contributed by atoms with Crippen LogP contribution in [0.3, 0.4) is 0 Å². The molecule has 0 unspecified atom stereocenters. The van der Waals surface area contributed by atoms with Crippen LogP contribution in [0.1, 0.15) is 12.5 Å². The van der Waals surface area contributed by atoms with Gasteiger partial charge in [-0.3, -0.25) is 0 Å². The summed E-state index contributed by atoms with van der Waals surface area (Å²) in [6.07, 6.45) is 0. The summed E-state index contributed by atoms with van der Waals surface area (Å²) in [5.74, 6) is 0.0574. The van der Waals surface area contributed by atoms with E-state index in [0.717, 1.165) is 0 Å². The molecule has 0 aromatic heterocycles. The van der Waals surface area contributed by atoms with Gasteiger partial charge in [-0.05, 0) is 18.2 Å². The summed E-state index contributed by atoms with van der Waals surface area (Å²) in [7, 11) is -3.18. The molecule has 1 rings (SSSR count). The third kappa shape index (κ3) is 3.25. The van der Waals surface area contributed by atoms with Crippen LogP contribution in [-0.2, 0) is 9.84 Å². The third-order valence-electron chi connectivity index (χ3n) is 1.70. The van der Waals surface area contributed by atoms with Crippen molar-refractivity contribution in [2.24, 2.45) is 0 Å². The van der Waals surface area contributed by atoms with Crippen LogP contribution in [0, 0.1) is 49.1 Å². The summed E-state index contributed by atoms with van der Waals surface area (Å²) in [6, 6.07) is 7.94. The molecule has 0 N–H and O–H groups in total. The minimum Gasteiger partial charge on any atom is -0.224 e. The molecule has 1 aromatic rings. The predicted octanol–water partition coefficient (Wildman–Crippen LogP) is 1.35. The molecule has 76 valence electrons. The maximum Gasteiger partial charge on any atom is 0.178 e. The van der Waals surface area contributed by atoms with Crippen LogP contribution < -0.4 is 0 Å². The first-order chi connectivity index (χ1) is 6.10. The van der Waals surface area contributed by atoms with Gasteiger partial charge < -0.3 is 0 Å². The summed E-state index contributed by atoms with van der Waals surface area (Å²) in [4.78, 5) is 0.217. The Hall–Kier alpha value is -0.0803. The number of nitrogens with zero attached hydrogens (tertiary/aromatic N) is 1. The number of nitriles is 1. The van der Waals surface area contributed by atoms with Crippen LogP contribution in [0.4, 0.5) is 0 Å². The van der Waals surface area contributed by atoms with Crippen molar-refractivity contribution in [2.75, 3.05) is 5.75 Å². The van der Waals surface area contributed by atoms with E-state index in [1.165, 1.54) is 12.1 Å². The maximum absolute atomic E-state index is 11.4. The van der Waals surface area contributed by atoms with Gasteiger partial charge in [-0.2, -0.15) is 5.26 Å². The first-order valence-corrected chi connectivity index (χ1v) is 5.48. The molecule has 0 bridgehead atoms. The summed E-state index contributed by atoms with van der Waals surface area (Å²) in [6.45, 7) is 1.58. The van der Waals surface area contributed by atoms with Gasteiger partial charge in [-0.25, -0.2) is 8.42 Å². The van der Waals surface area contributed by atoms with Gasteiger partial charge >= 0.3 is 0 Å². The van der Waals surface area contributed by atoms with Gasteiger partial charge in [0.2, 0.25) is 0 Å². The van der Waals surface area contributed by atoms with E-state index in [0.29, 0.717) is 5.56 Å². The molecule has 0 fully saturated rings. The molecular weight excluding hydrogens is 226 g/mol. The van der Waals surface area contributed by atoms with Crippen molar-refractivity contribution < 1.29 is 46.2 Å². The summed E-state index contributed by atoms with van der Waals surface area (Å²) in [5.41, 5.74) is 0.370. The molecule has 14 heavy (non-hydrogen) atoms. The molecule has 0 saturated carbocycles. The topological polar surface area (TPSA) is 57.9 Å². The molecule has 0 heterocycles. The summed E-state index contributed by atoms with van der Waals surface area (Å²) >= 11 is 0. The largest absolute Gasteiger partial charge is 0.224 e. The first kappa shape index (κ1) is 13.9. The van der Waals surface area contributed by atoms with Crippen LogP contribution in [0.5, 0.6) is 0 Å². The van der Waals surface area contributed by atoms with Crippen molar-refractivity contribution in [1.29, 1.82) is 5.26 Å². The zero-order chi connectivity index (χ0) is 9.90. The van der Waals surface area contributed by atoms with Crippen LogP contribution in [0.25, 0.3) is 0 Å². The van der Waals surface area contributed by atoms with Gasteiger partial charge in [0.1, 0.15) is 0 Å². The second-order valence-corrected chi connectivity index (χ2v) is 4.82. The van der Waals surface area contributed by atoms with E-state index in [1.54, 1.807) is 19.1 Å². The van der Waals surface area contributed by atoms with Gasteiger partial charge in [-0.15, -0.1) is 0 Å². The van der Waals surface area contributed by atoms with E-state index in [1.807, 2.05) is 6.07 Å². The Balaban J connectivity index is 0.00000169. The molecule has 3 nitrogen and oxygen atoms in total. The Bertz CT molecular complexity index is 448. The van der Waals surface area contributed by atoms with Crippen LogP contribution in [0.15, 0.2) is 29.2 Å². The molecular formula is C9H9ArNO2S. The Morgan fingerprint density at radius 3 is 2.57 bits per heavy atom. The number of sulfone groups is 1. The zero-order valence-corrected chi connectivity index (χ0v) is 9.07. The number of rotatable bonds is 2. The van der Waals surface area contributed by atoms with E-state index in [9.17, 15) is 8.42 Å². The Kier molecular flexibility index (Phi) is 5.68. The molecule has 0 amide bonds. The fourth-order valence-corrected chi connectivity index (χ4v) is 1.85. The van der Waals surface area contributed by atoms with Gasteiger partial charge in [0.15, 0.2) is 9.84 Å². The van der Waals surface area contributed by atoms with E-state index >= 15 is 0 Å². The molecule has 0 radical (unpaired) electrons. The van der Waals surface area contributed by atoms with E-state index in [4.69, 9.17) is 5.26 Å². The van der Waals surface area contributed by atoms with Crippen LogP contribution in [0.2, 0.25) is 0 Å². The number of hydrogen-bond donors (Lipinski definition) is 0. The fourth-order valence-electron chi connectivity index (χ4n) is 0.926. The van der Waals surface area contributed by atoms with Crippen LogP contribution >= 0.6 is 0 Å². The molecule has 0 atom stereocenters. The van der Waals surface area contributed by atoms with Crippen molar-refractivity contribution in [3.63, 3.8) is 0 Å². The van der Waals surface area contributed by atoms with Crippen molar-refractivity contribution in [3.8, 4) is 6.07 Å². The first-order valence-electron chi connectivity index (χ1n) is 3.83. The molecule has 0 spiro atoms. The van der Waals surface area contributed by atoms with E-state index < -0.39 is 9.84 Å². The molecule has 0 aliphatic carbocycles. The number of hydrogen-bond acceptors (Lipinski definition) is 3. The van der Waals surface area contributed by atoms with Crippen molar-refractivity contribution in [2.45, 2.75) is 11.8 Å². The van der Waals surface area contributed by atoms with Crippen LogP contribution in [-0.4, -0.2) is 14.2 Å². The van der Waals surface area contributed by atoms with E-state index in [-0.39, 0.29) is 48.4 Å². The Morgan fingerprint density at radius 1 is 1.43 bits per heavy atom. The molecule has 0 saturated heterocycles. The minimum absolute atomic E-state index is 0. The predicted molar refractivity (Wildman–Crippen MR) is 48.9 cm³/mol. The Morgan fingerprint density at radius 2 is 2.07 bits per heavy atom.